The van der Waals surface area contributed by atoms with Crippen LogP contribution in [0.1, 0.15) is 44.3 Å². The summed E-state index contributed by atoms with van der Waals surface area (Å²) in [5, 5.41) is 0. The zero-order valence-electron chi connectivity index (χ0n) is 13.0. The molecule has 1 saturated heterocycles. The summed E-state index contributed by atoms with van der Waals surface area (Å²) in [6.45, 7) is 3.21. The number of fused-ring (bicyclic) bond motifs is 1. The number of imidazole rings is 1. The number of para-hydroxylation sites is 2. The molecule has 0 aliphatic carbocycles. The molecule has 1 aromatic heterocycles. The predicted molar refractivity (Wildman–Crippen MR) is 88.3 cm³/mol. The number of piperidine rings is 1. The molecular formula is C16H23N3O2S. The van der Waals surface area contributed by atoms with Crippen LogP contribution in [0.3, 0.4) is 0 Å². The van der Waals surface area contributed by atoms with E-state index in [-0.39, 0.29) is 11.7 Å². The van der Waals surface area contributed by atoms with Crippen LogP contribution >= 0.6 is 0 Å². The Morgan fingerprint density at radius 1 is 1.36 bits per heavy atom. The Labute approximate surface area is 131 Å². The molecule has 0 amide bonds. The smallest absolute Gasteiger partial charge is 0.214 e. The summed E-state index contributed by atoms with van der Waals surface area (Å²) in [6.07, 6.45) is 3.51. The molecule has 1 unspecified atom stereocenters. The van der Waals surface area contributed by atoms with Gasteiger partial charge in [-0.05, 0) is 31.4 Å². The van der Waals surface area contributed by atoms with Gasteiger partial charge in [-0.3, -0.25) is 0 Å². The number of nitrogens with zero attached hydrogens (tertiary/aromatic N) is 2. The molecule has 120 valence electrons. The van der Waals surface area contributed by atoms with E-state index in [0.717, 1.165) is 42.5 Å². The van der Waals surface area contributed by atoms with Crippen LogP contribution in [-0.2, 0) is 10.0 Å². The van der Waals surface area contributed by atoms with Crippen LogP contribution in [-0.4, -0.2) is 41.5 Å². The SMILES string of the molecule is CCCCS(=O)(=O)N1CCCC(c2nc3ccccc3[nH]2)C1. The van der Waals surface area contributed by atoms with E-state index in [1.54, 1.807) is 4.31 Å². The Kier molecular flexibility index (Phi) is 4.49. The van der Waals surface area contributed by atoms with Gasteiger partial charge in [0.2, 0.25) is 10.0 Å². The molecule has 1 aliphatic rings. The fraction of sp³-hybridized carbons (Fsp3) is 0.562. The Balaban J connectivity index is 1.78. The second-order valence-electron chi connectivity index (χ2n) is 6.01. The molecular weight excluding hydrogens is 298 g/mol. The van der Waals surface area contributed by atoms with Gasteiger partial charge in [-0.25, -0.2) is 17.7 Å². The van der Waals surface area contributed by atoms with Crippen molar-refractivity contribution in [1.82, 2.24) is 14.3 Å². The second kappa shape index (κ2) is 6.38. The monoisotopic (exact) mass is 321 g/mol. The molecule has 5 nitrogen and oxygen atoms in total. The summed E-state index contributed by atoms with van der Waals surface area (Å²) in [6, 6.07) is 7.93. The van der Waals surface area contributed by atoms with Gasteiger partial charge in [-0.2, -0.15) is 0 Å². The van der Waals surface area contributed by atoms with Crippen molar-refractivity contribution in [3.05, 3.63) is 30.1 Å². The van der Waals surface area contributed by atoms with Gasteiger partial charge >= 0.3 is 0 Å². The molecule has 0 radical (unpaired) electrons. The third-order valence-corrected chi connectivity index (χ3v) is 6.25. The highest BCUT2D eigenvalue weighted by molar-refractivity contribution is 7.89. The minimum absolute atomic E-state index is 0.164. The van der Waals surface area contributed by atoms with Crippen molar-refractivity contribution < 1.29 is 8.42 Å². The molecule has 0 bridgehead atoms. The summed E-state index contributed by atoms with van der Waals surface area (Å²) in [5.74, 6) is 1.34. The van der Waals surface area contributed by atoms with E-state index >= 15 is 0 Å². The molecule has 6 heteroatoms. The first-order chi connectivity index (χ1) is 10.6. The van der Waals surface area contributed by atoms with Gasteiger partial charge in [0.15, 0.2) is 0 Å². The van der Waals surface area contributed by atoms with Gasteiger partial charge in [0.25, 0.3) is 0 Å². The summed E-state index contributed by atoms with van der Waals surface area (Å²) in [4.78, 5) is 7.99. The molecule has 1 aliphatic heterocycles. The largest absolute Gasteiger partial charge is 0.342 e. The van der Waals surface area contributed by atoms with Gasteiger partial charge in [-0.15, -0.1) is 0 Å². The molecule has 2 aromatic rings. The lowest BCUT2D eigenvalue weighted by atomic mass is 9.99. The normalized spacial score (nSPS) is 20.5. The number of H-pyrrole nitrogens is 1. The number of benzene rings is 1. The molecule has 1 N–H and O–H groups in total. The fourth-order valence-corrected chi connectivity index (χ4v) is 4.77. The number of rotatable bonds is 5. The molecule has 3 rings (SSSR count). The van der Waals surface area contributed by atoms with Gasteiger partial charge in [0, 0.05) is 19.0 Å². The number of unbranched alkanes of at least 4 members (excludes halogenated alkanes) is 1. The first kappa shape index (κ1) is 15.5. The summed E-state index contributed by atoms with van der Waals surface area (Å²) < 4.78 is 26.4. The number of aromatic amines is 1. The van der Waals surface area contributed by atoms with Gasteiger partial charge < -0.3 is 4.98 Å². The highest BCUT2D eigenvalue weighted by Gasteiger charge is 2.30. The van der Waals surface area contributed by atoms with E-state index in [0.29, 0.717) is 13.1 Å². The first-order valence-corrected chi connectivity index (χ1v) is 9.63. The summed E-state index contributed by atoms with van der Waals surface area (Å²) in [7, 11) is -3.12. The molecule has 1 aromatic carbocycles. The van der Waals surface area contributed by atoms with E-state index in [1.165, 1.54) is 0 Å². The topological polar surface area (TPSA) is 66.1 Å². The van der Waals surface area contributed by atoms with Crippen molar-refractivity contribution in [2.24, 2.45) is 0 Å². The van der Waals surface area contributed by atoms with Crippen molar-refractivity contribution in [3.8, 4) is 0 Å². The lowest BCUT2D eigenvalue weighted by Gasteiger charge is -2.31. The summed E-state index contributed by atoms with van der Waals surface area (Å²) >= 11 is 0. The summed E-state index contributed by atoms with van der Waals surface area (Å²) in [5.41, 5.74) is 1.96. The number of hydrogen-bond donors (Lipinski definition) is 1. The molecule has 2 heterocycles. The Hall–Kier alpha value is -1.40. The van der Waals surface area contributed by atoms with Crippen LogP contribution < -0.4 is 0 Å². The zero-order chi connectivity index (χ0) is 15.6. The number of nitrogens with one attached hydrogen (secondary N) is 1. The van der Waals surface area contributed by atoms with Gasteiger partial charge in [-0.1, -0.05) is 25.5 Å². The van der Waals surface area contributed by atoms with Gasteiger partial charge in [0.1, 0.15) is 5.82 Å². The van der Waals surface area contributed by atoms with E-state index in [4.69, 9.17) is 0 Å². The molecule has 22 heavy (non-hydrogen) atoms. The third-order valence-electron chi connectivity index (χ3n) is 4.33. The molecule has 0 saturated carbocycles. The number of aromatic nitrogens is 2. The highest BCUT2D eigenvalue weighted by Crippen LogP contribution is 2.28. The molecule has 1 atom stereocenters. The van der Waals surface area contributed by atoms with Crippen LogP contribution in [0.4, 0.5) is 0 Å². The number of hydrogen-bond acceptors (Lipinski definition) is 3. The lowest BCUT2D eigenvalue weighted by molar-refractivity contribution is 0.310. The highest BCUT2D eigenvalue weighted by atomic mass is 32.2. The first-order valence-electron chi connectivity index (χ1n) is 8.02. The van der Waals surface area contributed by atoms with E-state index in [2.05, 4.69) is 9.97 Å². The third kappa shape index (κ3) is 3.17. The molecule has 0 spiro atoms. The van der Waals surface area contributed by atoms with E-state index in [9.17, 15) is 8.42 Å². The molecule has 1 fully saturated rings. The number of sulfonamides is 1. The minimum atomic E-state index is -3.12. The van der Waals surface area contributed by atoms with Crippen molar-refractivity contribution in [3.63, 3.8) is 0 Å². The van der Waals surface area contributed by atoms with Crippen LogP contribution in [0.25, 0.3) is 11.0 Å². The van der Waals surface area contributed by atoms with E-state index in [1.807, 2.05) is 31.2 Å². The van der Waals surface area contributed by atoms with Crippen molar-refractivity contribution >= 4 is 21.1 Å². The maximum Gasteiger partial charge on any atom is 0.214 e. The second-order valence-corrected chi connectivity index (χ2v) is 8.09. The van der Waals surface area contributed by atoms with Crippen LogP contribution in [0.2, 0.25) is 0 Å². The van der Waals surface area contributed by atoms with Crippen LogP contribution in [0.5, 0.6) is 0 Å². The zero-order valence-corrected chi connectivity index (χ0v) is 13.8. The quantitative estimate of drug-likeness (QED) is 0.921. The Morgan fingerprint density at radius 3 is 2.95 bits per heavy atom. The van der Waals surface area contributed by atoms with Crippen LogP contribution in [0.15, 0.2) is 24.3 Å². The van der Waals surface area contributed by atoms with Crippen LogP contribution in [0, 0.1) is 0 Å². The van der Waals surface area contributed by atoms with Crippen molar-refractivity contribution in [2.45, 2.75) is 38.5 Å². The van der Waals surface area contributed by atoms with Crippen molar-refractivity contribution in [2.75, 3.05) is 18.8 Å². The lowest BCUT2D eigenvalue weighted by Crippen LogP contribution is -2.40. The Bertz CT molecular complexity index is 706. The standard InChI is InChI=1S/C16H23N3O2S/c1-2-3-11-22(20,21)19-10-6-7-13(12-19)16-17-14-8-4-5-9-15(14)18-16/h4-5,8-9,13H,2-3,6-7,10-12H2,1H3,(H,17,18). The average Bonchev–Trinajstić information content (AvgIpc) is 2.97. The van der Waals surface area contributed by atoms with Crippen molar-refractivity contribution in [1.29, 1.82) is 0 Å². The Morgan fingerprint density at radius 2 is 2.18 bits per heavy atom. The predicted octanol–water partition coefficient (Wildman–Crippen LogP) is 2.87. The minimum Gasteiger partial charge on any atom is -0.342 e. The maximum atomic E-state index is 12.4. The fourth-order valence-electron chi connectivity index (χ4n) is 3.04. The van der Waals surface area contributed by atoms with E-state index < -0.39 is 10.0 Å². The van der Waals surface area contributed by atoms with Gasteiger partial charge in [0.05, 0.1) is 16.8 Å². The maximum absolute atomic E-state index is 12.4. The average molecular weight is 321 g/mol.